The van der Waals surface area contributed by atoms with Crippen LogP contribution in [0.15, 0.2) is 426 Å². The van der Waals surface area contributed by atoms with E-state index in [1.807, 2.05) is 318 Å². The monoisotopic (exact) mass is 2450 g/mol. The van der Waals surface area contributed by atoms with Gasteiger partial charge in [0, 0.05) is 152 Å². The summed E-state index contributed by atoms with van der Waals surface area (Å²) in [6.45, 7) is 20.8. The summed E-state index contributed by atoms with van der Waals surface area (Å²) in [4.78, 5) is 35.4. The van der Waals surface area contributed by atoms with Crippen LogP contribution >= 0.6 is 0 Å². The first-order valence-corrected chi connectivity index (χ1v) is 43.2. The molecule has 0 atom stereocenters. The Morgan fingerprint density at radius 1 is 0.164 bits per heavy atom. The van der Waals surface area contributed by atoms with Crippen LogP contribution in [0.5, 0.6) is 0 Å². The number of rotatable bonds is 12. The zero-order valence-electron chi connectivity index (χ0n) is 76.3. The minimum absolute atomic E-state index is 0. The zero-order valence-corrected chi connectivity index (χ0v) is 85.9. The smallest absolute Gasteiger partial charge is 0.0242 e. The number of nitrogens with zero attached hydrogens (tertiary/aromatic N) is 8. The van der Waals surface area contributed by atoms with Crippen LogP contribution in [0, 0.1) is 118 Å². The van der Waals surface area contributed by atoms with Crippen molar-refractivity contribution in [2.75, 3.05) is 0 Å². The molecule has 4 radical (unpaired) electrons. The fraction of sp³-hybridized carbons (Fsp3) is 0.0820. The van der Waals surface area contributed by atoms with E-state index in [1.165, 1.54) is 100 Å². The standard InChI is InChI=1S/4C18H14N.2C13H12N.2C12H10N.4Ir/c4*1-14-12-18(16-10-6-3-7-11-16)19-13-17(14)15-8-4-2-5-9-15;2*1-10-3-6-12(7-4-10)13-8-5-11(2)9-14-13;2*1-10-5-4-6-11(9-10)12-7-2-3-8-13-12;;;;/h4*2-10,12-13H,1H3;2*3-6,8-9H,1-2H3;2*2-5,7-9H,1H3;;;;/q8*-1;;;;. The van der Waals surface area contributed by atoms with E-state index in [0.29, 0.717) is 0 Å². The molecule has 672 valence electrons. The molecule has 0 bridgehead atoms. The molecule has 0 spiro atoms. The molecule has 0 aliphatic heterocycles. The molecule has 0 saturated heterocycles. The SMILES string of the molecule is Cc1c[c-]c(-c2ccc(C)cn2)cc1.Cc1c[c-]c(-c2ccc(C)cn2)cc1.Cc1cc(-c2[c-]cccc2)ncc1-c1ccccc1.Cc1cc(-c2[c-]cccc2)ncc1-c1ccccc1.Cc1cc(-c2[c-]cccc2)ncc1-c1ccccc1.Cc1cc(-c2[c-]cccc2)ncc1-c1ccccc1.Cc1cc[c-]c(-c2ccccn2)c1.Cc1cc[c-]c(-c2ccccn2)c1.[Ir].[Ir].[Ir].[Ir]. The predicted molar refractivity (Wildman–Crippen MR) is 537 cm³/mol. The van der Waals surface area contributed by atoms with Gasteiger partial charge in [-0.2, -0.15) is 0 Å². The Kier molecular flexibility index (Phi) is 42.8. The molecule has 20 rings (SSSR count). The van der Waals surface area contributed by atoms with Crippen LogP contribution in [0.4, 0.5) is 0 Å². The molecule has 0 saturated carbocycles. The summed E-state index contributed by atoms with van der Waals surface area (Å²) in [5, 5.41) is 0. The molecule has 0 N–H and O–H groups in total. The Labute approximate surface area is 846 Å². The molecule has 8 aromatic heterocycles. The van der Waals surface area contributed by atoms with Gasteiger partial charge in [-0.25, -0.2) is 0 Å². The maximum atomic E-state index is 4.55. The van der Waals surface area contributed by atoms with E-state index < -0.39 is 0 Å². The van der Waals surface area contributed by atoms with Gasteiger partial charge in [-0.3, -0.25) is 0 Å². The molecule has 12 aromatic carbocycles. The van der Waals surface area contributed by atoms with E-state index in [4.69, 9.17) is 0 Å². The minimum Gasteiger partial charge on any atom is -0.305 e. The summed E-state index contributed by atoms with van der Waals surface area (Å²) in [5.74, 6) is 0. The maximum absolute atomic E-state index is 4.55. The van der Waals surface area contributed by atoms with Crippen LogP contribution in [0.25, 0.3) is 135 Å². The molecular weight excluding hydrogens is 2350 g/mol. The average molecular weight is 2450 g/mol. The van der Waals surface area contributed by atoms with E-state index in [2.05, 4.69) is 253 Å². The molecule has 0 aliphatic carbocycles. The van der Waals surface area contributed by atoms with Gasteiger partial charge in [0.25, 0.3) is 0 Å². The van der Waals surface area contributed by atoms with Crippen molar-refractivity contribution in [3.8, 4) is 135 Å². The number of hydrogen-bond donors (Lipinski definition) is 0. The van der Waals surface area contributed by atoms with Crippen LogP contribution in [-0.2, 0) is 80.4 Å². The Bertz CT molecular complexity index is 6050. The van der Waals surface area contributed by atoms with Crippen molar-refractivity contribution in [3.63, 3.8) is 0 Å². The molecule has 134 heavy (non-hydrogen) atoms. The number of pyridine rings is 8. The van der Waals surface area contributed by atoms with Gasteiger partial charge in [0.1, 0.15) is 0 Å². The molecule has 0 aliphatic rings. The van der Waals surface area contributed by atoms with Crippen molar-refractivity contribution < 1.29 is 80.4 Å². The van der Waals surface area contributed by atoms with Gasteiger partial charge in [-0.05, 0) is 155 Å². The normalized spacial score (nSPS) is 9.93. The van der Waals surface area contributed by atoms with Crippen LogP contribution in [-0.4, -0.2) is 39.9 Å². The second-order valence-corrected chi connectivity index (χ2v) is 31.1. The molecule has 8 nitrogen and oxygen atoms in total. The first kappa shape index (κ1) is 104. The van der Waals surface area contributed by atoms with Crippen LogP contribution < -0.4 is 0 Å². The molecule has 0 unspecified atom stereocenters. The van der Waals surface area contributed by atoms with Crippen LogP contribution in [0.1, 0.15) is 55.6 Å². The average Bonchev–Trinajstić information content (AvgIpc) is 0.828. The molecule has 8 heterocycles. The van der Waals surface area contributed by atoms with Gasteiger partial charge in [0.15, 0.2) is 0 Å². The van der Waals surface area contributed by atoms with E-state index in [1.54, 1.807) is 12.4 Å². The summed E-state index contributed by atoms with van der Waals surface area (Å²) in [6.07, 6.45) is 15.1. The van der Waals surface area contributed by atoms with Gasteiger partial charge in [-0.15, -0.1) is 285 Å². The summed E-state index contributed by atoms with van der Waals surface area (Å²) in [5.41, 5.74) is 37.9. The molecule has 20 aromatic rings. The molecule has 0 fully saturated rings. The largest absolute Gasteiger partial charge is 0.305 e. The van der Waals surface area contributed by atoms with Gasteiger partial charge in [-0.1, -0.05) is 222 Å². The Balaban J connectivity index is 0.000000172. The van der Waals surface area contributed by atoms with Crippen LogP contribution in [0.3, 0.4) is 0 Å². The van der Waals surface area contributed by atoms with Gasteiger partial charge in [0.2, 0.25) is 0 Å². The molecule has 0 amide bonds. The van der Waals surface area contributed by atoms with Crippen molar-refractivity contribution in [1.82, 2.24) is 39.9 Å². The summed E-state index contributed by atoms with van der Waals surface area (Å²) in [6, 6.07) is 151. The third kappa shape index (κ3) is 31.9. The maximum Gasteiger partial charge on any atom is 0.0242 e. The Hall–Kier alpha value is -13.6. The Morgan fingerprint density at radius 3 is 0.634 bits per heavy atom. The second-order valence-electron chi connectivity index (χ2n) is 31.1. The van der Waals surface area contributed by atoms with Crippen molar-refractivity contribution in [2.24, 2.45) is 0 Å². The number of hydrogen-bond acceptors (Lipinski definition) is 8. The summed E-state index contributed by atoms with van der Waals surface area (Å²) < 4.78 is 0. The zero-order chi connectivity index (χ0) is 90.4. The molecular formula is C122H100Ir4N8-8. The van der Waals surface area contributed by atoms with E-state index in [-0.39, 0.29) is 80.4 Å². The number of aromatic nitrogens is 8. The van der Waals surface area contributed by atoms with Gasteiger partial charge in [0.05, 0.1) is 0 Å². The van der Waals surface area contributed by atoms with Crippen LogP contribution in [0.2, 0.25) is 0 Å². The van der Waals surface area contributed by atoms with Crippen molar-refractivity contribution in [1.29, 1.82) is 0 Å². The summed E-state index contributed by atoms with van der Waals surface area (Å²) in [7, 11) is 0. The third-order valence-corrected chi connectivity index (χ3v) is 20.8. The molecule has 12 heteroatoms. The number of benzene rings is 12. The van der Waals surface area contributed by atoms with E-state index in [0.717, 1.165) is 90.1 Å². The van der Waals surface area contributed by atoms with Crippen molar-refractivity contribution in [2.45, 2.75) is 69.2 Å². The van der Waals surface area contributed by atoms with Crippen molar-refractivity contribution in [3.05, 3.63) is 530 Å². The third-order valence-electron chi connectivity index (χ3n) is 20.8. The Morgan fingerprint density at radius 2 is 0.410 bits per heavy atom. The van der Waals surface area contributed by atoms with Gasteiger partial charge >= 0.3 is 0 Å². The van der Waals surface area contributed by atoms with E-state index >= 15 is 0 Å². The fourth-order valence-corrected chi connectivity index (χ4v) is 13.8. The fourth-order valence-electron chi connectivity index (χ4n) is 13.8. The number of aryl methyl sites for hydroxylation is 10. The topological polar surface area (TPSA) is 103 Å². The second kappa shape index (κ2) is 55.1. The minimum atomic E-state index is 0. The van der Waals surface area contributed by atoms with E-state index in [9.17, 15) is 0 Å². The van der Waals surface area contributed by atoms with Crippen molar-refractivity contribution >= 4 is 0 Å². The van der Waals surface area contributed by atoms with Gasteiger partial charge < -0.3 is 39.9 Å². The summed E-state index contributed by atoms with van der Waals surface area (Å²) >= 11 is 0. The predicted octanol–water partition coefficient (Wildman–Crippen LogP) is 30.1. The quantitative estimate of drug-likeness (QED) is 0.111. The first-order valence-electron chi connectivity index (χ1n) is 43.2. The first-order chi connectivity index (χ1) is 63.6.